The van der Waals surface area contributed by atoms with E-state index in [0.717, 1.165) is 12.8 Å². The van der Waals surface area contributed by atoms with Gasteiger partial charge in [0.2, 0.25) is 0 Å². The molecule has 0 aliphatic heterocycles. The van der Waals surface area contributed by atoms with Crippen molar-refractivity contribution in [1.29, 1.82) is 0 Å². The Labute approximate surface area is 462 Å². The maximum Gasteiger partial charge on any atom is 0.357 e. The second-order valence-electron chi connectivity index (χ2n) is 12.9. The summed E-state index contributed by atoms with van der Waals surface area (Å²) in [5.74, 6) is 0. The number of rotatable bonds is 12. The first kappa shape index (κ1) is 73.7. The van der Waals surface area contributed by atoms with Gasteiger partial charge in [-0.2, -0.15) is 0 Å². The molecule has 0 saturated carbocycles. The molecule has 0 aromatic heterocycles. The lowest BCUT2D eigenvalue weighted by atomic mass is 10.1. The van der Waals surface area contributed by atoms with Gasteiger partial charge in [0.25, 0.3) is 0 Å². The summed E-state index contributed by atoms with van der Waals surface area (Å²) in [6, 6.07) is 80.7. The van der Waals surface area contributed by atoms with Crippen LogP contribution in [0.4, 0.5) is 0 Å². The SMILES string of the molecule is C.C.C.CC.CC.CC.CC.CC.CC.CC.CC.c1ccc([S+](c2ccccc2)c2ccc(Cc3ccc([I+]c4ccc(Cc5ccc([S+](c6ccccc6)c6ccccc6)cc5)cc4)cc3)cc2)cc1. The highest BCUT2D eigenvalue weighted by molar-refractivity contribution is 7.97. The van der Waals surface area contributed by atoms with Gasteiger partial charge in [0.1, 0.15) is 0 Å². The fraction of sp³-hybridized carbons (Fsp3) is 0.304. The molecule has 8 rings (SSSR count). The van der Waals surface area contributed by atoms with Crippen molar-refractivity contribution < 1.29 is 21.2 Å². The molecule has 0 unspecified atom stereocenters. The fourth-order valence-electron chi connectivity index (χ4n) is 6.46. The van der Waals surface area contributed by atoms with E-state index in [1.54, 1.807) is 0 Å². The van der Waals surface area contributed by atoms with Gasteiger partial charge >= 0.3 is 21.2 Å². The van der Waals surface area contributed by atoms with Crippen LogP contribution in [0.1, 0.15) is 155 Å². The van der Waals surface area contributed by atoms with E-state index in [9.17, 15) is 0 Å². The zero-order valence-corrected chi connectivity index (χ0v) is 49.2. The topological polar surface area (TPSA) is 0 Å². The molecule has 392 valence electrons. The van der Waals surface area contributed by atoms with Crippen LogP contribution in [0, 0.1) is 7.14 Å². The molecule has 8 aromatic carbocycles. The highest BCUT2D eigenvalue weighted by Gasteiger charge is 2.29. The first-order valence-electron chi connectivity index (χ1n) is 25.9. The van der Waals surface area contributed by atoms with Gasteiger partial charge in [0, 0.05) is 0 Å². The molecule has 0 nitrogen and oxygen atoms in total. The highest BCUT2D eigenvalue weighted by Crippen LogP contribution is 2.32. The van der Waals surface area contributed by atoms with Gasteiger partial charge in [-0.3, -0.25) is 0 Å². The van der Waals surface area contributed by atoms with Crippen LogP contribution in [-0.2, 0) is 34.6 Å². The second-order valence-corrected chi connectivity index (χ2v) is 19.9. The third-order valence-electron chi connectivity index (χ3n) is 9.09. The summed E-state index contributed by atoms with van der Waals surface area (Å²) in [5, 5.41) is 0. The van der Waals surface area contributed by atoms with Crippen LogP contribution < -0.4 is 21.2 Å². The molecule has 0 heterocycles. The summed E-state index contributed by atoms with van der Waals surface area (Å²) in [7, 11) is -0.231. The number of hydrogen-bond acceptors (Lipinski definition) is 0. The lowest BCUT2D eigenvalue weighted by Crippen LogP contribution is -3.61. The lowest BCUT2D eigenvalue weighted by Gasteiger charge is -2.09. The van der Waals surface area contributed by atoms with Crippen molar-refractivity contribution in [2.45, 2.75) is 175 Å². The number of benzene rings is 8. The molecule has 0 spiro atoms. The summed E-state index contributed by atoms with van der Waals surface area (Å²) in [6.45, 7) is 32.0. The van der Waals surface area contributed by atoms with Crippen molar-refractivity contribution in [2.24, 2.45) is 0 Å². The van der Waals surface area contributed by atoms with Gasteiger partial charge < -0.3 is 0 Å². The van der Waals surface area contributed by atoms with Crippen LogP contribution in [0.5, 0.6) is 0 Å². The van der Waals surface area contributed by atoms with Crippen molar-refractivity contribution in [3.63, 3.8) is 0 Å². The molecular formula is C69H100IS2+3. The first-order valence-corrected chi connectivity index (χ1v) is 30.6. The minimum absolute atomic E-state index is 0. The monoisotopic (exact) mass is 1120 g/mol. The van der Waals surface area contributed by atoms with E-state index >= 15 is 0 Å². The predicted molar refractivity (Wildman–Crippen MR) is 330 cm³/mol. The predicted octanol–water partition coefficient (Wildman–Crippen LogP) is 19.3. The van der Waals surface area contributed by atoms with Crippen molar-refractivity contribution in [3.8, 4) is 0 Å². The van der Waals surface area contributed by atoms with E-state index in [2.05, 4.69) is 218 Å². The molecule has 0 aliphatic carbocycles. The Morgan fingerprint density at radius 1 is 0.222 bits per heavy atom. The van der Waals surface area contributed by atoms with Gasteiger partial charge in [0.05, 0.1) is 21.8 Å². The van der Waals surface area contributed by atoms with Crippen LogP contribution in [0.25, 0.3) is 0 Å². The van der Waals surface area contributed by atoms with Gasteiger partial charge in [-0.1, -0.05) is 254 Å². The Morgan fingerprint density at radius 2 is 0.389 bits per heavy atom. The standard InChI is InChI=1S/C50H40IS2.8C2H6.3CH4/c1-5-13-45(14-6-1)52(46-15-7-2-8-16-46)49-33-25-41(26-34-49)37-39-21-29-43(30-22-39)51-44-31-23-40(24-32-44)38-42-27-35-50(36-28-42)53(47-17-9-3-10-18-47)48-19-11-4-12-20-48;8*1-2;;;/h1-36H,37-38H2;8*1-2H3;3*1H4/q+3;;;;;;;;;;;. The molecule has 0 amide bonds. The van der Waals surface area contributed by atoms with Gasteiger partial charge in [-0.25, -0.2) is 0 Å². The van der Waals surface area contributed by atoms with E-state index < -0.39 is 0 Å². The van der Waals surface area contributed by atoms with Crippen molar-refractivity contribution in [2.75, 3.05) is 0 Å². The molecule has 3 heteroatoms. The second kappa shape index (κ2) is 48.5. The fourth-order valence-corrected chi connectivity index (χ4v) is 12.8. The molecule has 72 heavy (non-hydrogen) atoms. The zero-order valence-electron chi connectivity index (χ0n) is 45.4. The molecule has 0 radical (unpaired) electrons. The first-order chi connectivity index (χ1) is 34.2. The third-order valence-corrected chi connectivity index (χ3v) is 16.2. The Bertz CT molecular complexity index is 2060. The minimum Gasteiger partial charge on any atom is -0.0776 e. The molecule has 0 aliphatic rings. The zero-order chi connectivity index (χ0) is 51.7. The van der Waals surface area contributed by atoms with Gasteiger partial charge in [-0.05, 0) is 132 Å². The average Bonchev–Trinajstić information content (AvgIpc) is 3.46. The number of hydrogen-bond donors (Lipinski definition) is 0. The lowest BCUT2D eigenvalue weighted by molar-refractivity contribution is -0.597. The van der Waals surface area contributed by atoms with Crippen LogP contribution in [0.3, 0.4) is 0 Å². The van der Waals surface area contributed by atoms with Crippen LogP contribution >= 0.6 is 0 Å². The van der Waals surface area contributed by atoms with Crippen LogP contribution in [0.2, 0.25) is 0 Å². The summed E-state index contributed by atoms with van der Waals surface area (Å²) < 4.78 is 2.90. The normalized spacial score (nSPS) is 8.92. The van der Waals surface area contributed by atoms with E-state index in [0.29, 0.717) is 0 Å². The Hall–Kier alpha value is -4.81. The van der Waals surface area contributed by atoms with E-state index in [-0.39, 0.29) is 65.3 Å². The van der Waals surface area contributed by atoms with Crippen molar-refractivity contribution >= 4 is 21.8 Å². The number of halogens is 1. The molecule has 0 bridgehead atoms. The summed E-state index contributed by atoms with van der Waals surface area (Å²) in [6.07, 6.45) is 1.89. The quantitative estimate of drug-likeness (QED) is 0.0845. The van der Waals surface area contributed by atoms with E-state index in [1.807, 2.05) is 111 Å². The summed E-state index contributed by atoms with van der Waals surface area (Å²) in [4.78, 5) is 8.10. The Morgan fingerprint density at radius 3 is 0.583 bits per heavy atom. The smallest absolute Gasteiger partial charge is 0.0776 e. The molecule has 0 fully saturated rings. The minimum atomic E-state index is -0.230. The average molecular weight is 1120 g/mol. The maximum atomic E-state index is 2.34. The molecule has 8 aromatic rings. The molecule has 0 atom stereocenters. The summed E-state index contributed by atoms with van der Waals surface area (Å²) in [5.41, 5.74) is 5.41. The molecular weight excluding hydrogens is 1020 g/mol. The van der Waals surface area contributed by atoms with E-state index in [1.165, 1.54) is 58.8 Å². The van der Waals surface area contributed by atoms with Crippen molar-refractivity contribution in [3.05, 3.63) is 248 Å². The van der Waals surface area contributed by atoms with Crippen molar-refractivity contribution in [1.82, 2.24) is 0 Å². The largest absolute Gasteiger partial charge is 0.357 e. The van der Waals surface area contributed by atoms with E-state index in [4.69, 9.17) is 0 Å². The molecule has 0 N–H and O–H groups in total. The Kier molecular flexibility index (Phi) is 49.6. The highest BCUT2D eigenvalue weighted by atomic mass is 127. The van der Waals surface area contributed by atoms with Gasteiger partial charge in [0.15, 0.2) is 36.5 Å². The maximum absolute atomic E-state index is 2.34. The third kappa shape index (κ3) is 25.2. The summed E-state index contributed by atoms with van der Waals surface area (Å²) >= 11 is -0.230. The molecule has 0 saturated heterocycles. The van der Waals surface area contributed by atoms with Crippen LogP contribution in [0.15, 0.2) is 248 Å². The van der Waals surface area contributed by atoms with Gasteiger partial charge in [-0.15, -0.1) is 0 Å². The van der Waals surface area contributed by atoms with Crippen LogP contribution in [-0.4, -0.2) is 0 Å². The Balaban J connectivity index is -0.00000111.